The summed E-state index contributed by atoms with van der Waals surface area (Å²) in [6.45, 7) is 5.88. The van der Waals surface area contributed by atoms with Crippen LogP contribution in [0.1, 0.15) is 40.0 Å². The molecule has 0 aromatic rings. The van der Waals surface area contributed by atoms with E-state index >= 15 is 0 Å². The Morgan fingerprint density at radius 3 is 2.31 bits per heavy atom. The fraction of sp³-hybridized carbons (Fsp3) is 1.00. The van der Waals surface area contributed by atoms with Crippen molar-refractivity contribution in [3.05, 3.63) is 0 Å². The molecule has 0 radical (unpaired) electrons. The van der Waals surface area contributed by atoms with Gasteiger partial charge >= 0.3 is 7.60 Å². The molecule has 0 fully saturated rings. The Morgan fingerprint density at radius 2 is 1.92 bits per heavy atom. The second kappa shape index (κ2) is 8.03. The van der Waals surface area contributed by atoms with Crippen molar-refractivity contribution in [1.29, 1.82) is 0 Å². The van der Waals surface area contributed by atoms with Gasteiger partial charge in [0, 0.05) is 0 Å². The lowest BCUT2D eigenvalue weighted by molar-refractivity contribution is 0.248. The van der Waals surface area contributed by atoms with Crippen molar-refractivity contribution < 1.29 is 14.0 Å². The number of unbranched alkanes of at least 4 members (excludes halogenated alkanes) is 2. The van der Waals surface area contributed by atoms with Gasteiger partial charge in [0.15, 0.2) is 17.4 Å². The first-order valence-corrected chi connectivity index (χ1v) is 6.12. The van der Waals surface area contributed by atoms with Crippen molar-refractivity contribution in [1.82, 2.24) is 0 Å². The molecule has 0 saturated heterocycles. The van der Waals surface area contributed by atoms with Crippen molar-refractivity contribution >= 4 is 25.0 Å². The molecule has 13 heavy (non-hydrogen) atoms. The van der Waals surface area contributed by atoms with Crippen LogP contribution >= 0.6 is 7.60 Å². The largest absolute Gasteiger partial charge is 0.330 e. The molecule has 80 valence electrons. The maximum absolute atomic E-state index is 11.2. The molecule has 0 aromatic carbocycles. The van der Waals surface area contributed by atoms with Crippen LogP contribution in [0.3, 0.4) is 0 Å². The highest BCUT2D eigenvalue weighted by Gasteiger charge is 2.23. The van der Waals surface area contributed by atoms with Gasteiger partial charge in [0.05, 0.1) is 12.3 Å². The van der Waals surface area contributed by atoms with E-state index in [4.69, 9.17) is 4.52 Å². The minimum atomic E-state index is -3.30. The van der Waals surface area contributed by atoms with E-state index in [1.807, 2.05) is 0 Å². The van der Waals surface area contributed by atoms with Gasteiger partial charge in [-0.15, -0.1) is 0 Å². The molecule has 0 bridgehead atoms. The third-order valence-corrected chi connectivity index (χ3v) is 3.53. The zero-order valence-electron chi connectivity index (χ0n) is 8.12. The minimum Gasteiger partial charge on any atom is -0.324 e. The topological polar surface area (TPSA) is 46.5 Å². The van der Waals surface area contributed by atoms with E-state index < -0.39 is 7.60 Å². The first kappa shape index (κ1) is 16.1. The van der Waals surface area contributed by atoms with Crippen molar-refractivity contribution in [3.63, 3.8) is 0 Å². The molecule has 5 heteroatoms. The van der Waals surface area contributed by atoms with Crippen LogP contribution in [-0.4, -0.2) is 34.5 Å². The monoisotopic (exact) mass is 224 g/mol. The summed E-state index contributed by atoms with van der Waals surface area (Å²) < 4.78 is 16.1. The number of hydrogen-bond acceptors (Lipinski definition) is 2. The summed E-state index contributed by atoms with van der Waals surface area (Å²) in [6.07, 6.45) is 3.02. The average molecular weight is 224 g/mol. The normalized spacial score (nSPS) is 15.2. The van der Waals surface area contributed by atoms with Crippen LogP contribution < -0.4 is 0 Å². The smallest absolute Gasteiger partial charge is 0.324 e. The van der Waals surface area contributed by atoms with E-state index in [9.17, 15) is 9.46 Å². The zero-order chi connectivity index (χ0) is 9.61. The lowest BCUT2D eigenvalue weighted by atomic mass is 10.3. The second-order valence-electron chi connectivity index (χ2n) is 3.20. The van der Waals surface area contributed by atoms with E-state index in [-0.39, 0.29) is 23.0 Å². The first-order chi connectivity index (χ1) is 5.50. The summed E-state index contributed by atoms with van der Waals surface area (Å²) >= 11 is 0. The molecule has 3 nitrogen and oxygen atoms in total. The van der Waals surface area contributed by atoms with Gasteiger partial charge in [0.1, 0.15) is 0 Å². The van der Waals surface area contributed by atoms with Gasteiger partial charge in [0.2, 0.25) is 0 Å². The molecular weight excluding hydrogens is 202 g/mol. The van der Waals surface area contributed by atoms with Crippen LogP contribution in [-0.2, 0) is 9.09 Å². The molecule has 0 amide bonds. The number of hydrogen-bond donors (Lipinski definition) is 1. The summed E-state index contributed by atoms with van der Waals surface area (Å²) in [5, 5.41) is 0. The van der Waals surface area contributed by atoms with Crippen LogP contribution in [0.4, 0.5) is 0 Å². The molecule has 0 aromatic heterocycles. The Balaban J connectivity index is 0. The Morgan fingerprint density at radius 1 is 1.38 bits per heavy atom. The lowest BCUT2D eigenvalue weighted by Crippen LogP contribution is -2.02. The molecule has 0 heterocycles. The summed E-state index contributed by atoms with van der Waals surface area (Å²) in [4.78, 5) is 9.22. The predicted octanol–water partition coefficient (Wildman–Crippen LogP) is 1.60. The fourth-order valence-corrected chi connectivity index (χ4v) is 1.39. The van der Waals surface area contributed by atoms with E-state index in [1.165, 1.54) is 0 Å². The Hall–Kier alpha value is 0.682. The van der Waals surface area contributed by atoms with E-state index in [1.54, 1.807) is 13.8 Å². The number of rotatable bonds is 6. The van der Waals surface area contributed by atoms with E-state index in [2.05, 4.69) is 6.92 Å². The first-order valence-electron chi connectivity index (χ1n) is 4.47. The molecule has 0 aliphatic heterocycles. The van der Waals surface area contributed by atoms with Crippen LogP contribution in [0.15, 0.2) is 0 Å². The molecule has 0 aliphatic carbocycles. The predicted molar refractivity (Wildman–Crippen MR) is 60.4 cm³/mol. The van der Waals surface area contributed by atoms with E-state index in [0.717, 1.165) is 19.3 Å². The summed E-state index contributed by atoms with van der Waals surface area (Å²) in [6, 6.07) is 0. The van der Waals surface area contributed by atoms with Gasteiger partial charge in [-0.2, -0.15) is 0 Å². The molecule has 0 saturated carbocycles. The van der Waals surface area contributed by atoms with Crippen LogP contribution in [0, 0.1) is 0 Å². The minimum absolute atomic E-state index is 0. The Bertz CT molecular complexity index is 161. The van der Waals surface area contributed by atoms with Gasteiger partial charge < -0.3 is 9.42 Å². The van der Waals surface area contributed by atoms with Gasteiger partial charge in [0.25, 0.3) is 0 Å². The molecule has 0 rings (SSSR count). The van der Waals surface area contributed by atoms with Gasteiger partial charge in [-0.25, -0.2) is 0 Å². The molecule has 1 atom stereocenters. The maximum atomic E-state index is 11.2. The molecular formula is C8H22AlO3P. The van der Waals surface area contributed by atoms with Crippen LogP contribution in [0.5, 0.6) is 0 Å². The Labute approximate surface area is 91.5 Å². The van der Waals surface area contributed by atoms with Gasteiger partial charge in [-0.1, -0.05) is 33.6 Å². The summed E-state index contributed by atoms with van der Waals surface area (Å²) in [5.74, 6) is 0. The van der Waals surface area contributed by atoms with Gasteiger partial charge in [-0.3, -0.25) is 4.57 Å². The third kappa shape index (κ3) is 7.73. The highest BCUT2D eigenvalue weighted by atomic mass is 31.2. The molecule has 0 aliphatic rings. The second-order valence-corrected chi connectivity index (χ2v) is 5.62. The molecule has 1 unspecified atom stereocenters. The quantitative estimate of drug-likeness (QED) is 0.423. The highest BCUT2D eigenvalue weighted by Crippen LogP contribution is 2.46. The lowest BCUT2D eigenvalue weighted by Gasteiger charge is -2.14. The molecule has 0 spiro atoms. The average Bonchev–Trinajstić information content (AvgIpc) is 1.98. The fourth-order valence-electron chi connectivity index (χ4n) is 0.696. The van der Waals surface area contributed by atoms with Crippen molar-refractivity contribution in [2.45, 2.75) is 45.7 Å². The van der Waals surface area contributed by atoms with Crippen LogP contribution in [0.2, 0.25) is 0 Å². The van der Waals surface area contributed by atoms with Gasteiger partial charge in [-0.05, 0) is 6.42 Å². The zero-order valence-corrected chi connectivity index (χ0v) is 9.01. The summed E-state index contributed by atoms with van der Waals surface area (Å²) in [7, 11) is -3.30. The maximum Gasteiger partial charge on any atom is 0.330 e. The SMILES string of the molecule is CCCCCOP(=O)(O)C(C)C.[AlH3]. The molecule has 1 N–H and O–H groups in total. The standard InChI is InChI=1S/C8H19O3P.Al.3H/c1-4-5-6-7-11-12(9,10)8(2)3;;;;/h8H,4-7H2,1-3H3,(H,9,10);;;;. The third-order valence-electron chi connectivity index (χ3n) is 1.68. The van der Waals surface area contributed by atoms with Crippen LogP contribution in [0.25, 0.3) is 0 Å². The summed E-state index contributed by atoms with van der Waals surface area (Å²) in [5.41, 5.74) is -0.292. The van der Waals surface area contributed by atoms with Crippen molar-refractivity contribution in [2.75, 3.05) is 6.61 Å². The van der Waals surface area contributed by atoms with Crippen molar-refractivity contribution in [2.24, 2.45) is 0 Å². The van der Waals surface area contributed by atoms with Crippen molar-refractivity contribution in [3.8, 4) is 0 Å². The highest BCUT2D eigenvalue weighted by molar-refractivity contribution is 7.53. The van der Waals surface area contributed by atoms with E-state index in [0.29, 0.717) is 6.61 Å². The Kier molecular flexibility index (Phi) is 9.96.